The lowest BCUT2D eigenvalue weighted by atomic mass is 9.68. The minimum atomic E-state index is -2.89. The molecule has 1 aliphatic carbocycles. The summed E-state index contributed by atoms with van der Waals surface area (Å²) in [7, 11) is -2.89. The van der Waals surface area contributed by atoms with E-state index in [2.05, 4.69) is 20.8 Å². The van der Waals surface area contributed by atoms with Gasteiger partial charge in [-0.25, -0.2) is 8.42 Å². The van der Waals surface area contributed by atoms with Crippen molar-refractivity contribution in [1.29, 1.82) is 0 Å². The lowest BCUT2D eigenvalue weighted by molar-refractivity contribution is 0.0479. The van der Waals surface area contributed by atoms with Crippen LogP contribution < -0.4 is 0 Å². The van der Waals surface area contributed by atoms with Gasteiger partial charge >= 0.3 is 0 Å². The van der Waals surface area contributed by atoms with E-state index in [1.54, 1.807) is 0 Å². The van der Waals surface area contributed by atoms with Crippen molar-refractivity contribution in [2.45, 2.75) is 65.4 Å². The highest BCUT2D eigenvalue weighted by atomic mass is 32.2. The molecule has 1 atom stereocenters. The Morgan fingerprint density at radius 3 is 2.11 bits per heavy atom. The van der Waals surface area contributed by atoms with Crippen LogP contribution in [-0.4, -0.2) is 31.6 Å². The zero-order chi connectivity index (χ0) is 14.7. The molecule has 19 heavy (non-hydrogen) atoms. The van der Waals surface area contributed by atoms with Gasteiger partial charge in [0.15, 0.2) is 0 Å². The summed E-state index contributed by atoms with van der Waals surface area (Å²) in [6.45, 7) is 6.88. The zero-order valence-corrected chi connectivity index (χ0v) is 13.7. The second kappa shape index (κ2) is 6.57. The number of rotatable bonds is 5. The van der Waals surface area contributed by atoms with Crippen LogP contribution >= 0.6 is 0 Å². The molecule has 0 saturated heterocycles. The van der Waals surface area contributed by atoms with Crippen molar-refractivity contribution in [1.82, 2.24) is 0 Å². The van der Waals surface area contributed by atoms with E-state index >= 15 is 0 Å². The molecule has 3 nitrogen and oxygen atoms in total. The number of sulfone groups is 1. The van der Waals surface area contributed by atoms with Crippen LogP contribution in [0.1, 0.15) is 59.3 Å². The maximum absolute atomic E-state index is 11.1. The summed E-state index contributed by atoms with van der Waals surface area (Å²) in [6, 6.07) is 0. The molecule has 0 aliphatic heterocycles. The standard InChI is InChI=1S/C15H30O3S/c1-15(2,3)13-9-7-12(8-10-13)14(16)6-5-11-19(4,17)18/h12-14,16H,5-11H2,1-4H3. The van der Waals surface area contributed by atoms with Gasteiger partial charge in [-0.3, -0.25) is 0 Å². The van der Waals surface area contributed by atoms with Crippen LogP contribution in [0.15, 0.2) is 0 Å². The Morgan fingerprint density at radius 1 is 1.16 bits per heavy atom. The Morgan fingerprint density at radius 2 is 1.68 bits per heavy atom. The van der Waals surface area contributed by atoms with E-state index < -0.39 is 9.84 Å². The smallest absolute Gasteiger partial charge is 0.147 e. The van der Waals surface area contributed by atoms with Gasteiger partial charge in [-0.1, -0.05) is 20.8 Å². The van der Waals surface area contributed by atoms with Crippen molar-refractivity contribution in [2.75, 3.05) is 12.0 Å². The third kappa shape index (κ3) is 6.26. The zero-order valence-electron chi connectivity index (χ0n) is 12.9. The summed E-state index contributed by atoms with van der Waals surface area (Å²) in [5.74, 6) is 1.33. The van der Waals surface area contributed by atoms with Crippen molar-refractivity contribution in [3.8, 4) is 0 Å². The minimum absolute atomic E-state index is 0.196. The second-order valence-electron chi connectivity index (χ2n) is 7.32. The molecule has 114 valence electrons. The average Bonchev–Trinajstić information content (AvgIpc) is 2.26. The summed E-state index contributed by atoms with van der Waals surface area (Å²) in [5.41, 5.74) is 0.367. The molecule has 0 aromatic carbocycles. The van der Waals surface area contributed by atoms with Crippen molar-refractivity contribution in [3.63, 3.8) is 0 Å². The van der Waals surface area contributed by atoms with E-state index in [4.69, 9.17) is 0 Å². The Hall–Kier alpha value is -0.0900. The summed E-state index contributed by atoms with van der Waals surface area (Å²) in [5, 5.41) is 10.2. The molecule has 0 heterocycles. The van der Waals surface area contributed by atoms with Gasteiger partial charge < -0.3 is 5.11 Å². The maximum atomic E-state index is 11.1. The lowest BCUT2D eigenvalue weighted by Gasteiger charge is -2.38. The normalized spacial score (nSPS) is 27.2. The van der Waals surface area contributed by atoms with Crippen molar-refractivity contribution in [3.05, 3.63) is 0 Å². The summed E-state index contributed by atoms with van der Waals surface area (Å²) in [6.07, 6.45) is 6.70. The Balaban J connectivity index is 2.31. The molecular weight excluding hydrogens is 260 g/mol. The van der Waals surface area contributed by atoms with Gasteiger partial charge in [0.2, 0.25) is 0 Å². The molecule has 1 N–H and O–H groups in total. The first-order valence-corrected chi connectivity index (χ1v) is 9.51. The van der Waals surface area contributed by atoms with Crippen LogP contribution in [0.5, 0.6) is 0 Å². The number of hydrogen-bond donors (Lipinski definition) is 1. The van der Waals surface area contributed by atoms with Gasteiger partial charge in [-0.15, -0.1) is 0 Å². The van der Waals surface area contributed by atoms with Crippen LogP contribution in [0, 0.1) is 17.3 Å². The quantitative estimate of drug-likeness (QED) is 0.846. The minimum Gasteiger partial charge on any atom is -0.393 e. The molecule has 0 amide bonds. The van der Waals surface area contributed by atoms with E-state index in [-0.39, 0.29) is 11.9 Å². The van der Waals surface area contributed by atoms with Crippen molar-refractivity contribution >= 4 is 9.84 Å². The third-order valence-corrected chi connectivity index (χ3v) is 5.59. The Bertz CT molecular complexity index is 359. The molecule has 0 aromatic heterocycles. The highest BCUT2D eigenvalue weighted by Gasteiger charge is 2.32. The number of aliphatic hydroxyl groups is 1. The SMILES string of the molecule is CC(C)(C)C1CCC(C(O)CCCS(C)(=O)=O)CC1. The molecule has 0 spiro atoms. The van der Waals surface area contributed by atoms with Crippen LogP contribution in [0.2, 0.25) is 0 Å². The van der Waals surface area contributed by atoms with E-state index in [1.807, 2.05) is 0 Å². The summed E-state index contributed by atoms with van der Waals surface area (Å²) in [4.78, 5) is 0. The molecule has 0 radical (unpaired) electrons. The molecule has 1 saturated carbocycles. The largest absolute Gasteiger partial charge is 0.393 e. The average molecular weight is 290 g/mol. The topological polar surface area (TPSA) is 54.4 Å². The lowest BCUT2D eigenvalue weighted by Crippen LogP contribution is -2.31. The summed E-state index contributed by atoms with van der Waals surface area (Å²) < 4.78 is 22.1. The molecule has 0 bridgehead atoms. The van der Waals surface area contributed by atoms with E-state index in [1.165, 1.54) is 19.1 Å². The monoisotopic (exact) mass is 290 g/mol. The fourth-order valence-corrected chi connectivity index (χ4v) is 3.85. The van der Waals surface area contributed by atoms with Gasteiger partial charge in [-0.2, -0.15) is 0 Å². The van der Waals surface area contributed by atoms with E-state index in [9.17, 15) is 13.5 Å². The first kappa shape index (κ1) is 17.0. The number of aliphatic hydroxyl groups excluding tert-OH is 1. The summed E-state index contributed by atoms with van der Waals surface area (Å²) >= 11 is 0. The Labute approximate surface area is 118 Å². The van der Waals surface area contributed by atoms with Gasteiger partial charge in [0, 0.05) is 12.0 Å². The van der Waals surface area contributed by atoms with E-state index in [0.717, 1.165) is 18.8 Å². The number of hydrogen-bond acceptors (Lipinski definition) is 3. The molecule has 1 rings (SSSR count). The Kier molecular flexibility index (Phi) is 5.87. The molecule has 1 unspecified atom stereocenters. The molecular formula is C15H30O3S. The predicted molar refractivity (Wildman–Crippen MR) is 79.9 cm³/mol. The van der Waals surface area contributed by atoms with Gasteiger partial charge in [-0.05, 0) is 55.8 Å². The van der Waals surface area contributed by atoms with Crippen LogP contribution in [-0.2, 0) is 9.84 Å². The third-order valence-electron chi connectivity index (χ3n) is 4.56. The van der Waals surface area contributed by atoms with Crippen molar-refractivity contribution in [2.24, 2.45) is 17.3 Å². The molecule has 1 aliphatic rings. The first-order chi connectivity index (χ1) is 8.59. The predicted octanol–water partition coefficient (Wildman–Crippen LogP) is 3.02. The van der Waals surface area contributed by atoms with Crippen LogP contribution in [0.3, 0.4) is 0 Å². The van der Waals surface area contributed by atoms with Crippen LogP contribution in [0.25, 0.3) is 0 Å². The highest BCUT2D eigenvalue weighted by molar-refractivity contribution is 7.90. The maximum Gasteiger partial charge on any atom is 0.147 e. The first-order valence-electron chi connectivity index (χ1n) is 7.45. The fraction of sp³-hybridized carbons (Fsp3) is 1.00. The van der Waals surface area contributed by atoms with Gasteiger partial charge in [0.1, 0.15) is 9.84 Å². The van der Waals surface area contributed by atoms with Gasteiger partial charge in [0.05, 0.1) is 6.10 Å². The van der Waals surface area contributed by atoms with Crippen LogP contribution in [0.4, 0.5) is 0 Å². The molecule has 4 heteroatoms. The van der Waals surface area contributed by atoms with E-state index in [0.29, 0.717) is 24.2 Å². The molecule has 0 aromatic rings. The highest BCUT2D eigenvalue weighted by Crippen LogP contribution is 2.41. The fourth-order valence-electron chi connectivity index (χ4n) is 3.16. The molecule has 1 fully saturated rings. The van der Waals surface area contributed by atoms with Crippen molar-refractivity contribution < 1.29 is 13.5 Å². The second-order valence-corrected chi connectivity index (χ2v) is 9.58. The van der Waals surface area contributed by atoms with Gasteiger partial charge in [0.25, 0.3) is 0 Å².